The Morgan fingerprint density at radius 2 is 0.780 bits per heavy atom. The Morgan fingerprint density at radius 3 is 1.06 bits per heavy atom. The standard InChI is InChI=1S/2C20H16F2O3/c2*1-25-20(24)19-17(13-4-8-16(22)9-5-13)10-14(11-18(19)23)12-2-6-15(21)7-3-12/h2*2-9,11,17,19H,10H2,1H3/t2*17-,19-/m11/s1. The topological polar surface area (TPSA) is 86.7 Å². The Balaban J connectivity index is 0.000000194. The van der Waals surface area contributed by atoms with Crippen LogP contribution in [-0.4, -0.2) is 37.7 Å². The van der Waals surface area contributed by atoms with Crippen molar-refractivity contribution in [3.8, 4) is 0 Å². The lowest BCUT2D eigenvalue weighted by molar-refractivity contribution is -0.150. The van der Waals surface area contributed by atoms with Gasteiger partial charge in [0.2, 0.25) is 0 Å². The van der Waals surface area contributed by atoms with Gasteiger partial charge in [-0.05, 0) is 107 Å². The lowest BCUT2D eigenvalue weighted by Gasteiger charge is -2.29. The molecule has 0 bridgehead atoms. The molecule has 2 aliphatic rings. The van der Waals surface area contributed by atoms with Crippen LogP contribution in [0.4, 0.5) is 17.6 Å². The molecule has 0 spiro atoms. The van der Waals surface area contributed by atoms with Crippen LogP contribution in [0, 0.1) is 35.1 Å². The predicted octanol–water partition coefficient (Wildman–Crippen LogP) is 7.79. The average molecular weight is 685 g/mol. The number of ketones is 2. The van der Waals surface area contributed by atoms with Crippen LogP contribution in [0.5, 0.6) is 0 Å². The van der Waals surface area contributed by atoms with E-state index in [9.17, 15) is 36.7 Å². The minimum absolute atomic E-state index is 0.367. The van der Waals surface area contributed by atoms with Crippen LogP contribution in [0.15, 0.2) is 109 Å². The summed E-state index contributed by atoms with van der Waals surface area (Å²) in [5, 5.41) is 0. The molecule has 2 aliphatic carbocycles. The zero-order valence-electron chi connectivity index (χ0n) is 27.1. The van der Waals surface area contributed by atoms with Gasteiger partial charge in [-0.2, -0.15) is 0 Å². The highest BCUT2D eigenvalue weighted by atomic mass is 19.1. The van der Waals surface area contributed by atoms with Crippen LogP contribution < -0.4 is 0 Å². The largest absolute Gasteiger partial charge is 0.468 e. The van der Waals surface area contributed by atoms with Crippen molar-refractivity contribution in [2.75, 3.05) is 14.2 Å². The molecule has 0 heterocycles. The van der Waals surface area contributed by atoms with Crippen LogP contribution in [0.2, 0.25) is 0 Å². The van der Waals surface area contributed by atoms with Gasteiger partial charge in [0.05, 0.1) is 14.2 Å². The third-order valence-electron chi connectivity index (χ3n) is 8.87. The Kier molecular flexibility index (Phi) is 11.2. The third-order valence-corrected chi connectivity index (χ3v) is 8.87. The van der Waals surface area contributed by atoms with Crippen molar-refractivity contribution in [2.24, 2.45) is 11.8 Å². The summed E-state index contributed by atoms with van der Waals surface area (Å²) in [6.07, 6.45) is 3.61. The van der Waals surface area contributed by atoms with Gasteiger partial charge in [0.25, 0.3) is 0 Å². The van der Waals surface area contributed by atoms with Crippen molar-refractivity contribution in [3.63, 3.8) is 0 Å². The van der Waals surface area contributed by atoms with Crippen molar-refractivity contribution >= 4 is 34.7 Å². The van der Waals surface area contributed by atoms with Crippen molar-refractivity contribution in [1.29, 1.82) is 0 Å². The van der Waals surface area contributed by atoms with E-state index >= 15 is 0 Å². The number of carbonyl (C=O) groups is 4. The van der Waals surface area contributed by atoms with E-state index in [1.807, 2.05) is 0 Å². The van der Waals surface area contributed by atoms with E-state index in [1.54, 1.807) is 48.5 Å². The minimum Gasteiger partial charge on any atom is -0.468 e. The Hall–Kier alpha value is -5.64. The zero-order chi connectivity index (χ0) is 35.9. The van der Waals surface area contributed by atoms with Gasteiger partial charge in [-0.1, -0.05) is 48.5 Å². The predicted molar refractivity (Wildman–Crippen MR) is 177 cm³/mol. The molecule has 0 amide bonds. The highest BCUT2D eigenvalue weighted by molar-refractivity contribution is 6.11. The van der Waals surface area contributed by atoms with Crippen molar-refractivity contribution in [3.05, 3.63) is 155 Å². The smallest absolute Gasteiger partial charge is 0.317 e. The first kappa shape index (κ1) is 35.7. The zero-order valence-corrected chi connectivity index (χ0v) is 27.1. The van der Waals surface area contributed by atoms with E-state index in [4.69, 9.17) is 9.47 Å². The Bertz CT molecular complexity index is 1790. The molecular formula is C40H32F4O6. The molecule has 256 valence electrons. The summed E-state index contributed by atoms with van der Waals surface area (Å²) in [4.78, 5) is 49.4. The van der Waals surface area contributed by atoms with Crippen LogP contribution >= 0.6 is 0 Å². The molecule has 0 saturated carbocycles. The molecule has 0 saturated heterocycles. The molecule has 50 heavy (non-hydrogen) atoms. The van der Waals surface area contributed by atoms with Gasteiger partial charge < -0.3 is 9.47 Å². The summed E-state index contributed by atoms with van der Waals surface area (Å²) < 4.78 is 62.3. The lowest BCUT2D eigenvalue weighted by Crippen LogP contribution is -2.33. The highest BCUT2D eigenvalue weighted by Gasteiger charge is 2.40. The Labute approximate surface area is 286 Å². The molecule has 4 atom stereocenters. The second kappa shape index (κ2) is 15.7. The lowest BCUT2D eigenvalue weighted by atomic mass is 9.73. The second-order valence-electron chi connectivity index (χ2n) is 11.9. The summed E-state index contributed by atoms with van der Waals surface area (Å²) in [5.74, 6) is -6.37. The number of benzene rings is 4. The number of allylic oxidation sites excluding steroid dienone is 4. The fourth-order valence-corrected chi connectivity index (χ4v) is 6.33. The van der Waals surface area contributed by atoms with Crippen molar-refractivity contribution in [2.45, 2.75) is 24.7 Å². The molecule has 6 nitrogen and oxygen atoms in total. The maximum absolute atomic E-state index is 13.2. The Morgan fingerprint density at radius 1 is 0.500 bits per heavy atom. The number of rotatable bonds is 6. The summed E-state index contributed by atoms with van der Waals surface area (Å²) in [6.45, 7) is 0. The molecule has 0 unspecified atom stereocenters. The van der Waals surface area contributed by atoms with E-state index in [0.29, 0.717) is 46.2 Å². The van der Waals surface area contributed by atoms with Crippen molar-refractivity contribution in [1.82, 2.24) is 0 Å². The van der Waals surface area contributed by atoms with E-state index in [2.05, 4.69) is 0 Å². The molecule has 0 radical (unpaired) electrons. The quantitative estimate of drug-likeness (QED) is 0.117. The van der Waals surface area contributed by atoms with Gasteiger partial charge in [0, 0.05) is 11.8 Å². The number of methoxy groups -OCH3 is 2. The molecule has 0 fully saturated rings. The van der Waals surface area contributed by atoms with Crippen molar-refractivity contribution < 1.29 is 46.2 Å². The molecule has 10 heteroatoms. The van der Waals surface area contributed by atoms with E-state index < -0.39 is 47.2 Å². The number of hydrogen-bond acceptors (Lipinski definition) is 6. The number of ether oxygens (including phenoxy) is 2. The van der Waals surface area contributed by atoms with Gasteiger partial charge in [0.1, 0.15) is 35.1 Å². The SMILES string of the molecule is COC(=O)[C@H]1C(=O)C=C(c2ccc(F)cc2)C[C@@H]1c1ccc(F)cc1.COC(=O)[C@H]1C(=O)C=C(c2ccc(F)cc2)C[C@@H]1c1ccc(F)cc1. The monoisotopic (exact) mass is 684 g/mol. The minimum atomic E-state index is -0.973. The molecule has 6 rings (SSSR count). The maximum atomic E-state index is 13.2. The first-order valence-electron chi connectivity index (χ1n) is 15.7. The molecular weight excluding hydrogens is 652 g/mol. The normalized spacial score (nSPS) is 20.1. The van der Waals surface area contributed by atoms with Crippen LogP contribution in [0.3, 0.4) is 0 Å². The first-order chi connectivity index (χ1) is 24.0. The summed E-state index contributed by atoms with van der Waals surface area (Å²) in [7, 11) is 2.47. The molecule has 4 aromatic rings. The second-order valence-corrected chi connectivity index (χ2v) is 11.9. The number of esters is 2. The van der Waals surface area contributed by atoms with Gasteiger partial charge in [-0.15, -0.1) is 0 Å². The van der Waals surface area contributed by atoms with Gasteiger partial charge in [-0.25, -0.2) is 17.6 Å². The summed E-state index contributed by atoms with van der Waals surface area (Å²) in [6, 6.07) is 23.1. The summed E-state index contributed by atoms with van der Waals surface area (Å²) >= 11 is 0. The molecule has 0 aliphatic heterocycles. The third kappa shape index (κ3) is 8.14. The average Bonchev–Trinajstić information content (AvgIpc) is 3.12. The van der Waals surface area contributed by atoms with Gasteiger partial charge in [-0.3, -0.25) is 19.2 Å². The fourth-order valence-electron chi connectivity index (χ4n) is 6.33. The van der Waals surface area contributed by atoms with Gasteiger partial charge >= 0.3 is 11.9 Å². The highest BCUT2D eigenvalue weighted by Crippen LogP contribution is 2.41. The van der Waals surface area contributed by atoms with Crippen LogP contribution in [0.25, 0.3) is 11.1 Å². The van der Waals surface area contributed by atoms with E-state index in [-0.39, 0.29) is 23.2 Å². The van der Waals surface area contributed by atoms with E-state index in [0.717, 1.165) is 0 Å². The van der Waals surface area contributed by atoms with E-state index in [1.165, 1.54) is 74.9 Å². The molecule has 0 aromatic heterocycles. The number of halogens is 4. The van der Waals surface area contributed by atoms with Crippen LogP contribution in [-0.2, 0) is 28.7 Å². The first-order valence-corrected chi connectivity index (χ1v) is 15.7. The van der Waals surface area contributed by atoms with Gasteiger partial charge in [0.15, 0.2) is 11.6 Å². The number of hydrogen-bond donors (Lipinski definition) is 0. The number of carbonyl (C=O) groups excluding carboxylic acids is 4. The molecule has 4 aromatic carbocycles. The maximum Gasteiger partial charge on any atom is 0.317 e. The van der Waals surface area contributed by atoms with Crippen LogP contribution in [0.1, 0.15) is 46.9 Å². The summed E-state index contributed by atoms with van der Waals surface area (Å²) in [5.41, 5.74) is 4.20. The molecule has 0 N–H and O–H groups in total. The fraction of sp³-hybridized carbons (Fsp3) is 0.200.